The predicted octanol–water partition coefficient (Wildman–Crippen LogP) is 2.05. The molecule has 0 radical (unpaired) electrons. The van der Waals surface area contributed by atoms with Crippen LogP contribution in [0.4, 0.5) is 0 Å². The van der Waals surface area contributed by atoms with E-state index in [1.54, 1.807) is 11.8 Å². The van der Waals surface area contributed by atoms with Gasteiger partial charge in [-0.15, -0.1) is 11.8 Å². The lowest BCUT2D eigenvalue weighted by Crippen LogP contribution is -2.20. The fourth-order valence-corrected chi connectivity index (χ4v) is 2.81. The Hall–Kier alpha value is -0.220. The zero-order valence-electron chi connectivity index (χ0n) is 9.15. The van der Waals surface area contributed by atoms with Crippen LogP contribution in [-0.4, -0.2) is 29.9 Å². The van der Waals surface area contributed by atoms with Crippen LogP contribution >= 0.6 is 11.8 Å². The van der Waals surface area contributed by atoms with E-state index >= 15 is 0 Å². The molecule has 3 atom stereocenters. The van der Waals surface area contributed by atoms with Crippen molar-refractivity contribution in [3.8, 4) is 0 Å². The number of ether oxygens (including phenoxy) is 2. The van der Waals surface area contributed by atoms with Gasteiger partial charge in [0.1, 0.15) is 5.44 Å². The van der Waals surface area contributed by atoms with E-state index in [1.165, 1.54) is 7.11 Å². The molecule has 0 aromatic rings. The molecule has 0 spiro atoms. The highest BCUT2D eigenvalue weighted by Crippen LogP contribution is 2.38. The number of carbonyl (C=O) groups excluding carboxylic acids is 1. The summed E-state index contributed by atoms with van der Waals surface area (Å²) in [5.41, 5.74) is 0.222. The third-order valence-corrected chi connectivity index (χ3v) is 4.14. The Labute approximate surface area is 89.5 Å². The highest BCUT2D eigenvalue weighted by Gasteiger charge is 2.35. The molecule has 1 aliphatic heterocycles. The van der Waals surface area contributed by atoms with Gasteiger partial charge in [-0.05, 0) is 12.8 Å². The molecule has 0 aliphatic carbocycles. The molecule has 0 N–H and O–H groups in total. The normalized spacial score (nSPS) is 32.2. The summed E-state index contributed by atoms with van der Waals surface area (Å²) in [5.74, 6) is 0.340. The van der Waals surface area contributed by atoms with Crippen LogP contribution in [0.5, 0.6) is 0 Å². The Bertz CT molecular complexity index is 206. The maximum atomic E-state index is 11.1. The minimum atomic E-state index is -0.151. The summed E-state index contributed by atoms with van der Waals surface area (Å²) >= 11 is 1.75. The smallest absolute Gasteiger partial charge is 0.306 e. The van der Waals surface area contributed by atoms with Crippen molar-refractivity contribution in [3.05, 3.63) is 0 Å². The first-order chi connectivity index (χ1) is 6.54. The van der Waals surface area contributed by atoms with Gasteiger partial charge in [-0.2, -0.15) is 0 Å². The summed E-state index contributed by atoms with van der Waals surface area (Å²) in [7, 11) is 1.42. The second kappa shape index (κ2) is 5.03. The van der Waals surface area contributed by atoms with Crippen LogP contribution in [0, 0.1) is 5.92 Å². The van der Waals surface area contributed by atoms with Crippen molar-refractivity contribution >= 4 is 17.7 Å². The van der Waals surface area contributed by atoms with Crippen molar-refractivity contribution in [2.45, 2.75) is 44.0 Å². The zero-order chi connectivity index (χ0) is 10.7. The van der Waals surface area contributed by atoms with Crippen LogP contribution in [0.2, 0.25) is 0 Å². The van der Waals surface area contributed by atoms with Crippen molar-refractivity contribution in [3.63, 3.8) is 0 Å². The van der Waals surface area contributed by atoms with E-state index in [1.807, 2.05) is 6.92 Å². The Morgan fingerprint density at radius 2 is 2.21 bits per heavy atom. The molecule has 0 bridgehead atoms. The third-order valence-electron chi connectivity index (χ3n) is 2.32. The van der Waals surface area contributed by atoms with Crippen molar-refractivity contribution in [2.75, 3.05) is 7.11 Å². The summed E-state index contributed by atoms with van der Waals surface area (Å²) in [6, 6.07) is 0. The molecule has 1 heterocycles. The first-order valence-corrected chi connectivity index (χ1v) is 5.86. The molecule has 14 heavy (non-hydrogen) atoms. The monoisotopic (exact) mass is 218 g/mol. The fourth-order valence-electron chi connectivity index (χ4n) is 1.39. The van der Waals surface area contributed by atoms with Crippen molar-refractivity contribution < 1.29 is 14.3 Å². The van der Waals surface area contributed by atoms with Gasteiger partial charge in [0.05, 0.1) is 19.6 Å². The van der Waals surface area contributed by atoms with Gasteiger partial charge in [-0.25, -0.2) is 0 Å². The van der Waals surface area contributed by atoms with Gasteiger partial charge in [0.25, 0.3) is 0 Å². The van der Waals surface area contributed by atoms with Crippen LogP contribution in [-0.2, 0) is 14.3 Å². The second-order valence-corrected chi connectivity index (χ2v) is 5.25. The molecule has 0 saturated carbocycles. The van der Waals surface area contributed by atoms with E-state index < -0.39 is 0 Å². The molecule has 3 nitrogen and oxygen atoms in total. The van der Waals surface area contributed by atoms with Gasteiger partial charge in [0, 0.05) is 5.25 Å². The Morgan fingerprint density at radius 3 is 2.64 bits per heavy atom. The van der Waals surface area contributed by atoms with Gasteiger partial charge in [-0.3, -0.25) is 4.79 Å². The van der Waals surface area contributed by atoms with Crippen LogP contribution in [0.3, 0.4) is 0 Å². The highest BCUT2D eigenvalue weighted by atomic mass is 32.2. The number of rotatable bonds is 3. The average molecular weight is 218 g/mol. The molecule has 0 amide bonds. The third kappa shape index (κ3) is 2.89. The molecule has 1 fully saturated rings. The van der Waals surface area contributed by atoms with Gasteiger partial charge in [0.15, 0.2) is 0 Å². The van der Waals surface area contributed by atoms with E-state index in [0.29, 0.717) is 12.3 Å². The number of hydrogen-bond donors (Lipinski definition) is 0. The average Bonchev–Trinajstić information content (AvgIpc) is 2.48. The van der Waals surface area contributed by atoms with Gasteiger partial charge >= 0.3 is 5.97 Å². The first-order valence-electron chi connectivity index (χ1n) is 4.92. The first kappa shape index (κ1) is 11.9. The quantitative estimate of drug-likeness (QED) is 0.679. The van der Waals surface area contributed by atoms with Crippen LogP contribution in [0.25, 0.3) is 0 Å². The summed E-state index contributed by atoms with van der Waals surface area (Å²) in [6.07, 6.45) is 0.595. The molecule has 0 aromatic heterocycles. The molecule has 1 saturated heterocycles. The van der Waals surface area contributed by atoms with Crippen LogP contribution in [0.15, 0.2) is 0 Å². The SMILES string of the molecule is COC(=O)C[C@@H]1SC(C(C)C)OC1C. The van der Waals surface area contributed by atoms with Crippen molar-refractivity contribution in [1.82, 2.24) is 0 Å². The summed E-state index contributed by atoms with van der Waals surface area (Å²) < 4.78 is 10.4. The van der Waals surface area contributed by atoms with E-state index in [0.717, 1.165) is 0 Å². The van der Waals surface area contributed by atoms with E-state index in [-0.39, 0.29) is 22.8 Å². The van der Waals surface area contributed by atoms with E-state index in [9.17, 15) is 4.79 Å². The summed E-state index contributed by atoms with van der Waals surface area (Å²) in [4.78, 5) is 11.1. The second-order valence-electron chi connectivity index (χ2n) is 3.91. The van der Waals surface area contributed by atoms with Crippen molar-refractivity contribution in [1.29, 1.82) is 0 Å². The molecule has 1 rings (SSSR count). The zero-order valence-corrected chi connectivity index (χ0v) is 9.97. The maximum absolute atomic E-state index is 11.1. The van der Waals surface area contributed by atoms with Gasteiger partial charge < -0.3 is 9.47 Å². The number of methoxy groups -OCH3 is 1. The number of esters is 1. The molecule has 2 unspecified atom stereocenters. The Balaban J connectivity index is 2.44. The standard InChI is InChI=1S/C10H18O3S/c1-6(2)10-13-7(3)8(14-10)5-9(11)12-4/h6-8,10H,5H2,1-4H3/t7?,8-,10?/m0/s1. The maximum Gasteiger partial charge on any atom is 0.306 e. The molecule has 0 aromatic carbocycles. The summed E-state index contributed by atoms with van der Waals surface area (Å²) in [6.45, 7) is 6.28. The number of thioether (sulfide) groups is 1. The summed E-state index contributed by atoms with van der Waals surface area (Å²) in [5, 5.41) is 0.245. The number of hydrogen-bond acceptors (Lipinski definition) is 4. The lowest BCUT2D eigenvalue weighted by atomic mass is 10.2. The lowest BCUT2D eigenvalue weighted by molar-refractivity contribution is -0.141. The topological polar surface area (TPSA) is 35.5 Å². The molecule has 4 heteroatoms. The van der Waals surface area contributed by atoms with E-state index in [2.05, 4.69) is 18.6 Å². The van der Waals surface area contributed by atoms with Crippen molar-refractivity contribution in [2.24, 2.45) is 5.92 Å². The highest BCUT2D eigenvalue weighted by molar-refractivity contribution is 8.00. The number of carbonyl (C=O) groups is 1. The van der Waals surface area contributed by atoms with Gasteiger partial charge in [0.2, 0.25) is 0 Å². The lowest BCUT2D eigenvalue weighted by Gasteiger charge is -2.12. The molecular formula is C10H18O3S. The van der Waals surface area contributed by atoms with Crippen LogP contribution in [0.1, 0.15) is 27.2 Å². The predicted molar refractivity (Wildman–Crippen MR) is 57.2 cm³/mol. The molecule has 82 valence electrons. The minimum Gasteiger partial charge on any atom is -0.469 e. The fraction of sp³-hybridized carbons (Fsp3) is 0.900. The minimum absolute atomic E-state index is 0.145. The van der Waals surface area contributed by atoms with Gasteiger partial charge in [-0.1, -0.05) is 13.8 Å². The largest absolute Gasteiger partial charge is 0.469 e. The Morgan fingerprint density at radius 1 is 1.57 bits per heavy atom. The molecular weight excluding hydrogens is 200 g/mol. The molecule has 1 aliphatic rings. The van der Waals surface area contributed by atoms with E-state index in [4.69, 9.17) is 4.74 Å². The Kier molecular flexibility index (Phi) is 4.26. The van der Waals surface area contributed by atoms with Crippen LogP contribution < -0.4 is 0 Å².